The maximum absolute atomic E-state index is 17.4. The van der Waals surface area contributed by atoms with Gasteiger partial charge in [0.1, 0.15) is 16.5 Å². The molecule has 11 heteroatoms. The van der Waals surface area contributed by atoms with Gasteiger partial charge in [-0.2, -0.15) is 0 Å². The number of ketones is 1. The Bertz CT molecular complexity index is 1150. The fourth-order valence-electron chi connectivity index (χ4n) is 8.29. The van der Waals surface area contributed by atoms with E-state index in [4.69, 9.17) is 27.9 Å². The Kier molecular flexibility index (Phi) is 6.74. The van der Waals surface area contributed by atoms with Gasteiger partial charge >= 0.3 is 5.97 Å². The molecule has 5 aliphatic rings. The molecular weight excluding hydrogens is 564 g/mol. The molecule has 0 bridgehead atoms. The number of fused-ring (bicyclic) bond motifs is 5. The zero-order valence-corrected chi connectivity index (χ0v) is 23.6. The first-order valence-electron chi connectivity index (χ1n) is 12.9. The van der Waals surface area contributed by atoms with Crippen LogP contribution in [-0.2, 0) is 19.1 Å². The topological polar surface area (TPSA) is 80.7 Å². The van der Waals surface area contributed by atoms with Gasteiger partial charge in [-0.15, -0.1) is 23.2 Å². The minimum Gasteiger partial charge on any atom is -0.449 e. The van der Waals surface area contributed by atoms with Crippen molar-refractivity contribution in [3.05, 3.63) is 23.8 Å². The van der Waals surface area contributed by atoms with E-state index < -0.39 is 79.3 Å². The number of esters is 1. The third-order valence-corrected chi connectivity index (χ3v) is 11.9. The maximum Gasteiger partial charge on any atom is 0.307 e. The summed E-state index contributed by atoms with van der Waals surface area (Å²) in [6, 6.07) is -1.06. The number of alkyl halides is 5. The molecule has 0 aromatic rings. The molecule has 0 heterocycles. The van der Waals surface area contributed by atoms with Crippen molar-refractivity contribution in [2.75, 3.05) is 6.01 Å². The van der Waals surface area contributed by atoms with Gasteiger partial charge < -0.3 is 9.84 Å². The molecule has 0 aromatic heterocycles. The smallest absolute Gasteiger partial charge is 0.307 e. The van der Waals surface area contributed by atoms with E-state index in [9.17, 15) is 23.9 Å². The summed E-state index contributed by atoms with van der Waals surface area (Å²) in [6.07, 6.45) is 0.176. The van der Waals surface area contributed by atoms with Crippen molar-refractivity contribution in [2.24, 2.45) is 34.5 Å². The first kappa shape index (κ1) is 28.5. The Morgan fingerprint density at radius 3 is 2.47 bits per heavy atom. The highest BCUT2D eigenvalue weighted by atomic mass is 35.5. The van der Waals surface area contributed by atoms with Crippen LogP contribution in [0.15, 0.2) is 23.8 Å². The molecule has 38 heavy (non-hydrogen) atoms. The molecule has 0 amide bonds. The Morgan fingerprint density at radius 1 is 1.21 bits per heavy atom. The van der Waals surface area contributed by atoms with Gasteiger partial charge in [0.05, 0.1) is 12.5 Å². The number of rotatable bonds is 5. The van der Waals surface area contributed by atoms with Crippen LogP contribution in [0.3, 0.4) is 0 Å². The summed E-state index contributed by atoms with van der Waals surface area (Å²) in [5.41, 5.74) is -7.11. The molecule has 5 rings (SSSR count). The van der Waals surface area contributed by atoms with Crippen molar-refractivity contribution >= 4 is 51.8 Å². The molecule has 210 valence electrons. The fraction of sp³-hybridized carbons (Fsp3) is 0.741. The summed E-state index contributed by atoms with van der Waals surface area (Å²) < 4.78 is 51.5. The number of halogens is 5. The maximum atomic E-state index is 17.4. The van der Waals surface area contributed by atoms with Crippen LogP contribution in [0.4, 0.5) is 13.2 Å². The zero-order chi connectivity index (χ0) is 28.1. The number of thioether (sulfide) groups is 1. The van der Waals surface area contributed by atoms with E-state index >= 15 is 8.78 Å². The minimum atomic E-state index is -2.34. The van der Waals surface area contributed by atoms with Crippen LogP contribution in [0, 0.1) is 34.5 Å². The molecule has 0 aromatic carbocycles. The van der Waals surface area contributed by atoms with Crippen molar-refractivity contribution in [2.45, 2.75) is 80.8 Å². The summed E-state index contributed by atoms with van der Waals surface area (Å²) >= 11 is 12.5. The third kappa shape index (κ3) is 3.66. The number of ether oxygens (including phenoxy) is 1. The van der Waals surface area contributed by atoms with E-state index in [1.807, 2.05) is 0 Å². The number of aliphatic hydroxyl groups excluding tert-OH is 1. The summed E-state index contributed by atoms with van der Waals surface area (Å²) in [5, 5.41) is 10.8. The number of allylic oxidation sites excluding steroid dienone is 4. The summed E-state index contributed by atoms with van der Waals surface area (Å²) in [6.45, 7) is 4.83. The van der Waals surface area contributed by atoms with E-state index in [2.05, 4.69) is 0 Å². The van der Waals surface area contributed by atoms with E-state index in [1.54, 1.807) is 13.8 Å². The standard InChI is InChI=1S/C27H31Cl2F3O5S/c1-13-6-16-17-9-19(31)18-8-15(33)4-5-23(18,2)26(17,32)20(34)11-24(16,3)27(13,22(36)38-12-30)37-21(35)7-14-10-25(14,28)29/h4-5,8,13-14,16-17,19-20,34H,6-7,9-12H2,1-3H3/t13-,14?,16+,17+,19+,20+,23+,24+,26+,27+/m1/s1. The van der Waals surface area contributed by atoms with Gasteiger partial charge in [0.15, 0.2) is 17.1 Å². The lowest BCUT2D eigenvalue weighted by Crippen LogP contribution is -2.70. The quantitative estimate of drug-likeness (QED) is 0.329. The predicted molar refractivity (Wildman–Crippen MR) is 138 cm³/mol. The van der Waals surface area contributed by atoms with Crippen molar-refractivity contribution in [3.8, 4) is 0 Å². The SMILES string of the molecule is C[C@@H]1C[C@H]2[C@@H]3C[C@H](F)C4=CC(=O)C=C[C@]4(C)[C@@]3(F)[C@@H](O)C[C@]2(C)[C@@]1(OC(=O)CC1CC1(Cl)Cl)C(=O)SCF. The van der Waals surface area contributed by atoms with Crippen molar-refractivity contribution < 1.29 is 37.4 Å². The van der Waals surface area contributed by atoms with Crippen LogP contribution in [0.5, 0.6) is 0 Å². The molecular formula is C27H31Cl2F3O5S. The van der Waals surface area contributed by atoms with Crippen LogP contribution in [0.2, 0.25) is 0 Å². The normalized spacial score (nSPS) is 48.4. The molecule has 0 saturated heterocycles. The number of hydrogen-bond donors (Lipinski definition) is 1. The van der Waals surface area contributed by atoms with E-state index in [0.717, 1.165) is 6.08 Å². The van der Waals surface area contributed by atoms with Gasteiger partial charge in [-0.1, -0.05) is 19.9 Å². The van der Waals surface area contributed by atoms with Gasteiger partial charge in [-0.05, 0) is 68.0 Å². The molecule has 4 fully saturated rings. The molecule has 0 aliphatic heterocycles. The second-order valence-electron chi connectivity index (χ2n) is 12.1. The molecule has 4 saturated carbocycles. The molecule has 5 aliphatic carbocycles. The molecule has 10 atom stereocenters. The van der Waals surface area contributed by atoms with Crippen LogP contribution < -0.4 is 0 Å². The number of carbonyl (C=O) groups is 3. The Hall–Kier alpha value is -1.03. The van der Waals surface area contributed by atoms with Crippen LogP contribution >= 0.6 is 35.0 Å². The fourth-order valence-corrected chi connectivity index (χ4v) is 9.60. The van der Waals surface area contributed by atoms with Gasteiger partial charge in [0, 0.05) is 28.6 Å². The summed E-state index contributed by atoms with van der Waals surface area (Å²) in [7, 11) is 0. The molecule has 0 spiro atoms. The largest absolute Gasteiger partial charge is 0.449 e. The van der Waals surface area contributed by atoms with Gasteiger partial charge in [-0.25, -0.2) is 13.2 Å². The number of aliphatic hydroxyl groups is 1. The lowest BCUT2D eigenvalue weighted by Gasteiger charge is -2.63. The first-order chi connectivity index (χ1) is 17.6. The Morgan fingerprint density at radius 2 is 1.87 bits per heavy atom. The van der Waals surface area contributed by atoms with E-state index in [1.165, 1.54) is 19.1 Å². The second-order valence-corrected chi connectivity index (χ2v) is 14.5. The Labute approximate surface area is 233 Å². The van der Waals surface area contributed by atoms with Gasteiger partial charge in [-0.3, -0.25) is 14.4 Å². The lowest BCUT2D eigenvalue weighted by molar-refractivity contribution is -0.228. The molecule has 5 nitrogen and oxygen atoms in total. The highest BCUT2D eigenvalue weighted by Gasteiger charge is 2.78. The van der Waals surface area contributed by atoms with Crippen molar-refractivity contribution in [1.82, 2.24) is 0 Å². The Balaban J connectivity index is 1.57. The molecule has 1 unspecified atom stereocenters. The lowest BCUT2D eigenvalue weighted by atomic mass is 9.44. The van der Waals surface area contributed by atoms with Crippen LogP contribution in [0.1, 0.15) is 52.9 Å². The number of hydrogen-bond acceptors (Lipinski definition) is 6. The average molecular weight is 596 g/mol. The van der Waals surface area contributed by atoms with Crippen LogP contribution in [-0.4, -0.2) is 55.9 Å². The second kappa shape index (κ2) is 8.98. The van der Waals surface area contributed by atoms with Gasteiger partial charge in [0.25, 0.3) is 0 Å². The zero-order valence-electron chi connectivity index (χ0n) is 21.3. The molecule has 1 N–H and O–H groups in total. The van der Waals surface area contributed by atoms with Crippen molar-refractivity contribution in [1.29, 1.82) is 0 Å². The summed E-state index contributed by atoms with van der Waals surface area (Å²) in [5.74, 6) is -3.92. The summed E-state index contributed by atoms with van der Waals surface area (Å²) in [4.78, 5) is 38.8. The predicted octanol–water partition coefficient (Wildman–Crippen LogP) is 5.60. The highest BCUT2D eigenvalue weighted by Crippen LogP contribution is 2.72. The monoisotopic (exact) mass is 594 g/mol. The van der Waals surface area contributed by atoms with E-state index in [0.29, 0.717) is 18.2 Å². The number of carbonyl (C=O) groups excluding carboxylic acids is 3. The minimum absolute atomic E-state index is 0.00531. The first-order valence-corrected chi connectivity index (χ1v) is 14.6. The molecule has 0 radical (unpaired) electrons. The third-order valence-electron chi connectivity index (χ3n) is 10.3. The van der Waals surface area contributed by atoms with Crippen molar-refractivity contribution in [3.63, 3.8) is 0 Å². The van der Waals surface area contributed by atoms with E-state index in [-0.39, 0.29) is 37.2 Å². The van der Waals surface area contributed by atoms with Crippen LogP contribution in [0.25, 0.3) is 0 Å². The van der Waals surface area contributed by atoms with Gasteiger partial charge in [0.2, 0.25) is 5.12 Å². The average Bonchev–Trinajstić information content (AvgIpc) is 3.35. The highest BCUT2D eigenvalue weighted by molar-refractivity contribution is 8.13.